The fourth-order valence-corrected chi connectivity index (χ4v) is 4.23. The van der Waals surface area contributed by atoms with Gasteiger partial charge in [-0.25, -0.2) is 8.42 Å². The zero-order valence-electron chi connectivity index (χ0n) is 14.4. The number of aryl methyl sites for hydroxylation is 1. The molecule has 0 amide bonds. The Morgan fingerprint density at radius 2 is 2.04 bits per heavy atom. The Kier molecular flexibility index (Phi) is 4.75. The van der Waals surface area contributed by atoms with Crippen LogP contribution in [0.4, 0.5) is 5.69 Å². The molecule has 0 aromatic heterocycles. The Labute approximate surface area is 155 Å². The minimum atomic E-state index is -4.21. The van der Waals surface area contributed by atoms with Crippen molar-refractivity contribution in [3.8, 4) is 11.5 Å². The Hall–Kier alpha value is -3.14. The standard InChI is InChI=1S/C17H16N2O7S/c1-10-3-5-12-8-13(10)17(18-22)26-15-7-11(4-6-14(15)25-2)19(9-16(20)21)27(12,23)24/h3-8,17H,9H2,1-2H3,(H,20,21). The summed E-state index contributed by atoms with van der Waals surface area (Å²) < 4.78 is 37.8. The van der Waals surface area contributed by atoms with Crippen molar-refractivity contribution in [2.45, 2.75) is 18.0 Å². The quantitative estimate of drug-likeness (QED) is 0.793. The molecule has 0 fully saturated rings. The molecule has 1 aliphatic heterocycles. The first-order valence-corrected chi connectivity index (χ1v) is 9.24. The smallest absolute Gasteiger partial charge is 0.324 e. The summed E-state index contributed by atoms with van der Waals surface area (Å²) in [5, 5.41) is 12.2. The Morgan fingerprint density at radius 3 is 2.67 bits per heavy atom. The molecule has 2 aromatic rings. The van der Waals surface area contributed by atoms with Gasteiger partial charge in [0.15, 0.2) is 11.5 Å². The average molecular weight is 392 g/mol. The number of nitroso groups, excluding NO2 is 1. The molecule has 9 nitrogen and oxygen atoms in total. The van der Waals surface area contributed by atoms with Gasteiger partial charge in [-0.2, -0.15) is 0 Å². The number of anilines is 1. The fourth-order valence-electron chi connectivity index (χ4n) is 2.78. The van der Waals surface area contributed by atoms with E-state index in [2.05, 4.69) is 5.18 Å². The molecule has 1 unspecified atom stereocenters. The molecular weight excluding hydrogens is 376 g/mol. The number of ether oxygens (including phenoxy) is 2. The second kappa shape index (κ2) is 6.88. The lowest BCUT2D eigenvalue weighted by Gasteiger charge is -2.26. The van der Waals surface area contributed by atoms with Gasteiger partial charge in [0.05, 0.1) is 17.7 Å². The van der Waals surface area contributed by atoms with Crippen LogP contribution >= 0.6 is 0 Å². The number of fused-ring (bicyclic) bond motifs is 4. The van der Waals surface area contributed by atoms with Gasteiger partial charge in [-0.15, -0.1) is 4.91 Å². The van der Waals surface area contributed by atoms with Crippen molar-refractivity contribution in [2.24, 2.45) is 5.18 Å². The third-order valence-electron chi connectivity index (χ3n) is 4.15. The summed E-state index contributed by atoms with van der Waals surface area (Å²) in [6.07, 6.45) is -1.30. The highest BCUT2D eigenvalue weighted by Gasteiger charge is 2.31. The molecule has 3 rings (SSSR count). The van der Waals surface area contributed by atoms with Crippen molar-refractivity contribution in [3.63, 3.8) is 0 Å². The van der Waals surface area contributed by atoms with Crippen LogP contribution in [0.2, 0.25) is 0 Å². The van der Waals surface area contributed by atoms with Crippen LogP contribution in [0.5, 0.6) is 11.5 Å². The minimum absolute atomic E-state index is 0.0573. The largest absolute Gasteiger partial charge is 0.493 e. The van der Waals surface area contributed by atoms with Crippen molar-refractivity contribution in [1.29, 1.82) is 0 Å². The van der Waals surface area contributed by atoms with Gasteiger partial charge in [0.2, 0.25) is 0 Å². The number of carbonyl (C=O) groups is 1. The van der Waals surface area contributed by atoms with Crippen molar-refractivity contribution in [3.05, 3.63) is 52.4 Å². The minimum Gasteiger partial charge on any atom is -0.493 e. The number of aliphatic carboxylic acids is 1. The van der Waals surface area contributed by atoms with Gasteiger partial charge < -0.3 is 14.6 Å². The summed E-state index contributed by atoms with van der Waals surface area (Å²) in [6, 6.07) is 8.25. The van der Waals surface area contributed by atoms with E-state index in [1.54, 1.807) is 6.92 Å². The zero-order valence-corrected chi connectivity index (χ0v) is 15.3. The van der Waals surface area contributed by atoms with Crippen LogP contribution in [0, 0.1) is 11.8 Å². The SMILES string of the molecule is COc1ccc2cc1OC(N=O)c1cc(ccc1C)S(=O)(=O)N2CC(=O)O. The molecule has 1 aliphatic rings. The summed E-state index contributed by atoms with van der Waals surface area (Å²) in [6.45, 7) is 0.897. The maximum atomic E-state index is 13.1. The molecule has 2 aromatic carbocycles. The lowest BCUT2D eigenvalue weighted by atomic mass is 10.1. The third-order valence-corrected chi connectivity index (χ3v) is 5.92. The van der Waals surface area contributed by atoms with Crippen molar-refractivity contribution in [2.75, 3.05) is 18.0 Å². The van der Waals surface area contributed by atoms with Crippen LogP contribution in [0.1, 0.15) is 17.4 Å². The lowest BCUT2D eigenvalue weighted by Crippen LogP contribution is -2.36. The number of benzene rings is 2. The molecule has 142 valence electrons. The highest BCUT2D eigenvalue weighted by atomic mass is 32.2. The highest BCUT2D eigenvalue weighted by molar-refractivity contribution is 7.92. The molecule has 10 heteroatoms. The lowest BCUT2D eigenvalue weighted by molar-refractivity contribution is -0.135. The van der Waals surface area contributed by atoms with Gasteiger partial charge in [0, 0.05) is 11.6 Å². The number of carboxylic acid groups (broad SMARTS) is 1. The van der Waals surface area contributed by atoms with Gasteiger partial charge in [-0.1, -0.05) is 6.07 Å². The van der Waals surface area contributed by atoms with Crippen LogP contribution in [-0.4, -0.2) is 33.1 Å². The molecule has 1 atom stereocenters. The molecule has 0 saturated heterocycles. The van der Waals surface area contributed by atoms with E-state index in [1.165, 1.54) is 43.5 Å². The number of nitrogens with zero attached hydrogens (tertiary/aromatic N) is 2. The van der Waals surface area contributed by atoms with E-state index in [4.69, 9.17) is 9.47 Å². The number of hydrogen-bond donors (Lipinski definition) is 1. The van der Waals surface area contributed by atoms with Crippen LogP contribution in [0.3, 0.4) is 0 Å². The molecule has 1 N–H and O–H groups in total. The van der Waals surface area contributed by atoms with Gasteiger partial charge >= 0.3 is 5.97 Å². The predicted molar refractivity (Wildman–Crippen MR) is 95.5 cm³/mol. The molecule has 0 saturated carbocycles. The van der Waals surface area contributed by atoms with E-state index in [9.17, 15) is 23.2 Å². The molecule has 0 spiro atoms. The second-order valence-corrected chi connectivity index (χ2v) is 7.70. The van der Waals surface area contributed by atoms with E-state index in [0.717, 1.165) is 4.31 Å². The maximum absolute atomic E-state index is 13.1. The number of carboxylic acids is 1. The maximum Gasteiger partial charge on any atom is 0.324 e. The van der Waals surface area contributed by atoms with E-state index in [-0.39, 0.29) is 27.6 Å². The average Bonchev–Trinajstić information content (AvgIpc) is 2.63. The molecule has 1 heterocycles. The Balaban J connectivity index is 2.33. The number of rotatable bonds is 4. The molecular formula is C17H16N2O7S. The molecule has 0 radical (unpaired) electrons. The summed E-state index contributed by atoms with van der Waals surface area (Å²) in [5.41, 5.74) is 0.914. The number of methoxy groups -OCH3 is 1. The predicted octanol–water partition coefficient (Wildman–Crippen LogP) is 2.44. The molecule has 0 aliphatic carbocycles. The van der Waals surface area contributed by atoms with E-state index in [1.807, 2.05) is 0 Å². The second-order valence-electron chi connectivity index (χ2n) is 5.83. The Bertz CT molecular complexity index is 1020. The zero-order chi connectivity index (χ0) is 19.8. The molecule has 4 bridgehead atoms. The van der Waals surface area contributed by atoms with Gasteiger partial charge in [-0.3, -0.25) is 9.10 Å². The van der Waals surface area contributed by atoms with Gasteiger partial charge in [0.25, 0.3) is 16.3 Å². The van der Waals surface area contributed by atoms with E-state index >= 15 is 0 Å². The van der Waals surface area contributed by atoms with Crippen LogP contribution in [0.15, 0.2) is 46.5 Å². The molecule has 27 heavy (non-hydrogen) atoms. The Morgan fingerprint density at radius 1 is 1.30 bits per heavy atom. The highest BCUT2D eigenvalue weighted by Crippen LogP contribution is 2.39. The fraction of sp³-hybridized carbons (Fsp3) is 0.235. The monoisotopic (exact) mass is 392 g/mol. The topological polar surface area (TPSA) is 123 Å². The van der Waals surface area contributed by atoms with Crippen molar-refractivity contribution in [1.82, 2.24) is 0 Å². The summed E-state index contributed by atoms with van der Waals surface area (Å²) in [4.78, 5) is 22.5. The van der Waals surface area contributed by atoms with Crippen molar-refractivity contribution < 1.29 is 27.8 Å². The number of sulfonamides is 1. The van der Waals surface area contributed by atoms with Crippen LogP contribution in [0.25, 0.3) is 0 Å². The first-order valence-electron chi connectivity index (χ1n) is 7.80. The van der Waals surface area contributed by atoms with E-state index < -0.39 is 28.8 Å². The third kappa shape index (κ3) is 3.31. The normalized spacial score (nSPS) is 17.6. The summed E-state index contributed by atoms with van der Waals surface area (Å²) in [5.74, 6) is -1.01. The van der Waals surface area contributed by atoms with Crippen molar-refractivity contribution >= 4 is 21.7 Å². The van der Waals surface area contributed by atoms with Crippen LogP contribution < -0.4 is 13.8 Å². The first-order chi connectivity index (χ1) is 12.8. The van der Waals surface area contributed by atoms with Crippen LogP contribution in [-0.2, 0) is 14.8 Å². The van der Waals surface area contributed by atoms with E-state index in [0.29, 0.717) is 5.56 Å². The van der Waals surface area contributed by atoms with Gasteiger partial charge in [0.1, 0.15) is 6.54 Å². The van der Waals surface area contributed by atoms with Gasteiger partial charge in [-0.05, 0) is 41.9 Å². The summed E-state index contributed by atoms with van der Waals surface area (Å²) in [7, 11) is -2.83. The number of hydrogen-bond acceptors (Lipinski definition) is 7. The summed E-state index contributed by atoms with van der Waals surface area (Å²) >= 11 is 0. The first kappa shape index (κ1) is 18.6.